The highest BCUT2D eigenvalue weighted by atomic mass is 16.3. The Balaban J connectivity index is 1.63. The van der Waals surface area contributed by atoms with E-state index in [1.807, 2.05) is 6.08 Å². The van der Waals surface area contributed by atoms with E-state index in [9.17, 15) is 5.11 Å². The molecule has 0 aliphatic heterocycles. The molecule has 0 aromatic heterocycles. The summed E-state index contributed by atoms with van der Waals surface area (Å²) < 4.78 is 0. The summed E-state index contributed by atoms with van der Waals surface area (Å²) in [7, 11) is 0. The van der Waals surface area contributed by atoms with Gasteiger partial charge in [-0.1, -0.05) is 19.4 Å². The summed E-state index contributed by atoms with van der Waals surface area (Å²) in [5.41, 5.74) is 2.20. The van der Waals surface area contributed by atoms with E-state index in [2.05, 4.69) is 19.9 Å². The van der Waals surface area contributed by atoms with Crippen molar-refractivity contribution in [2.75, 3.05) is 0 Å². The molecule has 0 bridgehead atoms. The van der Waals surface area contributed by atoms with Crippen molar-refractivity contribution in [3.8, 4) is 6.07 Å². The van der Waals surface area contributed by atoms with Gasteiger partial charge in [0.25, 0.3) is 0 Å². The van der Waals surface area contributed by atoms with Gasteiger partial charge >= 0.3 is 0 Å². The van der Waals surface area contributed by atoms with Crippen LogP contribution in [0.2, 0.25) is 0 Å². The number of fused-ring (bicyclic) bond motifs is 5. The molecular formula is C21H31NO. The van der Waals surface area contributed by atoms with Gasteiger partial charge in [0.1, 0.15) is 0 Å². The highest BCUT2D eigenvalue weighted by Crippen LogP contribution is 2.67. The highest BCUT2D eigenvalue weighted by molar-refractivity contribution is 5.28. The van der Waals surface area contributed by atoms with E-state index < -0.39 is 0 Å². The van der Waals surface area contributed by atoms with Crippen molar-refractivity contribution in [3.05, 3.63) is 11.6 Å². The minimum absolute atomic E-state index is 0.0462. The molecule has 0 unspecified atom stereocenters. The summed E-state index contributed by atoms with van der Waals surface area (Å²) in [6.45, 7) is 4.99. The van der Waals surface area contributed by atoms with Crippen LogP contribution in [0.3, 0.4) is 0 Å². The molecule has 0 radical (unpaired) electrons. The third-order valence-electron chi connectivity index (χ3n) is 8.72. The van der Waals surface area contributed by atoms with Crippen LogP contribution in [0.1, 0.15) is 71.6 Å². The Bertz CT molecular complexity index is 561. The van der Waals surface area contributed by atoms with Gasteiger partial charge in [0, 0.05) is 6.08 Å². The lowest BCUT2D eigenvalue weighted by Gasteiger charge is -2.60. The first-order chi connectivity index (χ1) is 11.0. The molecule has 0 amide bonds. The van der Waals surface area contributed by atoms with Gasteiger partial charge in [-0.2, -0.15) is 5.26 Å². The summed E-state index contributed by atoms with van der Waals surface area (Å²) >= 11 is 0. The molecule has 4 aliphatic rings. The molecular weight excluding hydrogens is 282 g/mol. The predicted octanol–water partition coefficient (Wildman–Crippen LogP) is 4.84. The first-order valence-electron chi connectivity index (χ1n) is 9.76. The maximum absolute atomic E-state index is 10.1. The van der Waals surface area contributed by atoms with Gasteiger partial charge in [0.2, 0.25) is 0 Å². The zero-order valence-corrected chi connectivity index (χ0v) is 14.7. The monoisotopic (exact) mass is 313 g/mol. The summed E-state index contributed by atoms with van der Waals surface area (Å²) in [6.07, 6.45) is 12.8. The molecule has 4 aliphatic carbocycles. The van der Waals surface area contributed by atoms with E-state index in [1.165, 1.54) is 44.1 Å². The molecule has 2 nitrogen and oxygen atoms in total. The molecule has 1 N–H and O–H groups in total. The number of hydrogen-bond donors (Lipinski definition) is 1. The zero-order valence-electron chi connectivity index (χ0n) is 14.7. The smallest absolute Gasteiger partial charge is 0.0911 e. The first-order valence-corrected chi connectivity index (χ1v) is 9.76. The molecule has 4 saturated carbocycles. The maximum atomic E-state index is 10.1. The molecule has 4 fully saturated rings. The fraction of sp³-hybridized carbons (Fsp3) is 0.857. The third-order valence-corrected chi connectivity index (χ3v) is 8.72. The average Bonchev–Trinajstić information content (AvgIpc) is 2.85. The SMILES string of the molecule is C[C@]12CC[C@@H](O)C[C@H]1CC[C@@H]1[C@@H]2CC[C@]2(C)C(=CC#N)CC[C@@H]12. The lowest BCUT2D eigenvalue weighted by molar-refractivity contribution is -0.116. The van der Waals surface area contributed by atoms with Gasteiger partial charge in [-0.3, -0.25) is 0 Å². The van der Waals surface area contributed by atoms with E-state index in [-0.39, 0.29) is 6.10 Å². The Morgan fingerprint density at radius 2 is 1.91 bits per heavy atom. The number of hydrogen-bond acceptors (Lipinski definition) is 2. The van der Waals surface area contributed by atoms with Crippen LogP contribution in [0.25, 0.3) is 0 Å². The van der Waals surface area contributed by atoms with Crippen LogP contribution >= 0.6 is 0 Å². The van der Waals surface area contributed by atoms with Gasteiger partial charge in [-0.05, 0) is 92.3 Å². The molecule has 23 heavy (non-hydrogen) atoms. The predicted molar refractivity (Wildman–Crippen MR) is 91.4 cm³/mol. The van der Waals surface area contributed by atoms with Gasteiger partial charge < -0.3 is 5.11 Å². The van der Waals surface area contributed by atoms with Crippen molar-refractivity contribution in [1.29, 1.82) is 5.26 Å². The molecule has 2 heteroatoms. The van der Waals surface area contributed by atoms with E-state index in [4.69, 9.17) is 5.26 Å². The summed E-state index contributed by atoms with van der Waals surface area (Å²) in [5.74, 6) is 3.25. The second-order valence-electron chi connectivity index (χ2n) is 9.38. The van der Waals surface area contributed by atoms with E-state index in [0.717, 1.165) is 42.9 Å². The number of nitriles is 1. The van der Waals surface area contributed by atoms with E-state index in [1.54, 1.807) is 0 Å². The normalized spacial score (nSPS) is 54.0. The molecule has 0 aromatic rings. The van der Waals surface area contributed by atoms with Crippen LogP contribution in [0.15, 0.2) is 11.6 Å². The van der Waals surface area contributed by atoms with Gasteiger partial charge in [-0.15, -0.1) is 0 Å². The van der Waals surface area contributed by atoms with Crippen molar-refractivity contribution < 1.29 is 5.11 Å². The van der Waals surface area contributed by atoms with E-state index >= 15 is 0 Å². The average molecular weight is 313 g/mol. The Kier molecular flexibility index (Phi) is 3.65. The van der Waals surface area contributed by atoms with Crippen molar-refractivity contribution in [1.82, 2.24) is 0 Å². The fourth-order valence-electron chi connectivity index (χ4n) is 7.40. The standard InChI is InChI=1S/C21H31NO/c1-20-11-8-19-17(18(20)6-4-14(20)9-12-22)5-3-15-13-16(23)7-10-21(15,19)2/h9,15-19,23H,3-8,10-11,13H2,1-2H3/t15-,16-,17+,18+,19+,20-,21+/m1/s1. The zero-order chi connectivity index (χ0) is 16.2. The van der Waals surface area contributed by atoms with Crippen LogP contribution in [0.4, 0.5) is 0 Å². The summed E-state index contributed by atoms with van der Waals surface area (Å²) in [5, 5.41) is 19.2. The van der Waals surface area contributed by atoms with Crippen LogP contribution < -0.4 is 0 Å². The van der Waals surface area contributed by atoms with Gasteiger partial charge in [0.15, 0.2) is 0 Å². The molecule has 126 valence electrons. The van der Waals surface area contributed by atoms with Gasteiger partial charge in [-0.25, -0.2) is 0 Å². The molecule has 0 saturated heterocycles. The van der Waals surface area contributed by atoms with Crippen molar-refractivity contribution in [2.45, 2.75) is 77.7 Å². The first kappa shape index (κ1) is 15.7. The number of allylic oxidation sites excluding steroid dienone is 2. The second kappa shape index (κ2) is 5.35. The van der Waals surface area contributed by atoms with Gasteiger partial charge in [0.05, 0.1) is 12.2 Å². The molecule has 0 spiro atoms. The second-order valence-corrected chi connectivity index (χ2v) is 9.38. The third kappa shape index (κ3) is 2.15. The minimum atomic E-state index is -0.0462. The molecule has 7 atom stereocenters. The van der Waals surface area contributed by atoms with Crippen LogP contribution in [-0.4, -0.2) is 11.2 Å². The molecule has 0 aromatic carbocycles. The number of nitrogens with zero attached hydrogens (tertiary/aromatic N) is 1. The van der Waals surface area contributed by atoms with E-state index in [0.29, 0.717) is 10.8 Å². The summed E-state index contributed by atoms with van der Waals surface area (Å²) in [6, 6.07) is 2.31. The highest BCUT2D eigenvalue weighted by Gasteiger charge is 2.58. The largest absolute Gasteiger partial charge is 0.393 e. The fourth-order valence-corrected chi connectivity index (χ4v) is 7.40. The maximum Gasteiger partial charge on any atom is 0.0911 e. The van der Waals surface area contributed by atoms with Crippen LogP contribution in [0.5, 0.6) is 0 Å². The Labute approximate surface area is 141 Å². The quantitative estimate of drug-likeness (QED) is 0.650. The van der Waals surface area contributed by atoms with Crippen LogP contribution in [-0.2, 0) is 0 Å². The number of aliphatic hydroxyl groups excluding tert-OH is 1. The van der Waals surface area contributed by atoms with Crippen molar-refractivity contribution >= 4 is 0 Å². The Morgan fingerprint density at radius 1 is 1.09 bits per heavy atom. The lowest BCUT2D eigenvalue weighted by atomic mass is 9.45. The Morgan fingerprint density at radius 3 is 2.70 bits per heavy atom. The van der Waals surface area contributed by atoms with Crippen molar-refractivity contribution in [3.63, 3.8) is 0 Å². The van der Waals surface area contributed by atoms with Crippen LogP contribution in [0, 0.1) is 45.8 Å². The van der Waals surface area contributed by atoms with Crippen molar-refractivity contribution in [2.24, 2.45) is 34.5 Å². The lowest BCUT2D eigenvalue weighted by Crippen LogP contribution is -2.53. The summed E-state index contributed by atoms with van der Waals surface area (Å²) in [4.78, 5) is 0. The molecule has 0 heterocycles. The Hall–Kier alpha value is -0.810. The molecule has 4 rings (SSSR count). The number of aliphatic hydroxyl groups is 1. The topological polar surface area (TPSA) is 44.0 Å². The minimum Gasteiger partial charge on any atom is -0.393 e. The number of rotatable bonds is 0.